The standard InChI is InChI=1S/C27H22N4O5/c32-24(28-14-18-7-2-1-3-8-18)17-30-15-19(21-10-4-5-11-23(21)30)13-22-25(33)29-27(35)31(26(22)34)16-20-9-6-12-36-20/h1-13,15H,14,16-17H2,(H,28,32)(H,29,33,35). The van der Waals surface area contributed by atoms with Gasteiger partial charge in [-0.15, -0.1) is 0 Å². The van der Waals surface area contributed by atoms with E-state index in [9.17, 15) is 19.2 Å². The van der Waals surface area contributed by atoms with Gasteiger partial charge in [0.25, 0.3) is 11.8 Å². The second-order valence-electron chi connectivity index (χ2n) is 8.28. The molecule has 0 atom stereocenters. The van der Waals surface area contributed by atoms with Crippen LogP contribution in [0.5, 0.6) is 0 Å². The maximum Gasteiger partial charge on any atom is 0.331 e. The number of furan rings is 1. The van der Waals surface area contributed by atoms with E-state index in [1.165, 1.54) is 12.3 Å². The molecule has 5 rings (SSSR count). The highest BCUT2D eigenvalue weighted by Gasteiger charge is 2.36. The molecule has 1 aliphatic heterocycles. The fourth-order valence-corrected chi connectivity index (χ4v) is 4.08. The number of fused-ring (bicyclic) bond motifs is 1. The number of carbonyl (C=O) groups is 4. The van der Waals surface area contributed by atoms with E-state index < -0.39 is 17.8 Å². The highest BCUT2D eigenvalue weighted by atomic mass is 16.3. The molecule has 1 fully saturated rings. The van der Waals surface area contributed by atoms with E-state index in [4.69, 9.17) is 4.42 Å². The molecule has 0 aliphatic carbocycles. The first-order valence-corrected chi connectivity index (χ1v) is 11.3. The summed E-state index contributed by atoms with van der Waals surface area (Å²) in [5.74, 6) is -1.28. The molecule has 2 aromatic carbocycles. The lowest BCUT2D eigenvalue weighted by Crippen LogP contribution is -2.53. The monoisotopic (exact) mass is 482 g/mol. The third-order valence-electron chi connectivity index (χ3n) is 5.85. The first kappa shape index (κ1) is 22.9. The molecule has 1 aliphatic rings. The molecule has 0 saturated carbocycles. The van der Waals surface area contributed by atoms with E-state index >= 15 is 0 Å². The number of hydrogen-bond acceptors (Lipinski definition) is 5. The van der Waals surface area contributed by atoms with Crippen LogP contribution in [0, 0.1) is 0 Å². The molecule has 1 saturated heterocycles. The number of amides is 5. The topological polar surface area (TPSA) is 114 Å². The Morgan fingerprint density at radius 2 is 1.75 bits per heavy atom. The average Bonchev–Trinajstić information content (AvgIpc) is 3.52. The summed E-state index contributed by atoms with van der Waals surface area (Å²) in [7, 11) is 0. The molecule has 3 heterocycles. The summed E-state index contributed by atoms with van der Waals surface area (Å²) in [5, 5.41) is 5.87. The molecule has 4 aromatic rings. The van der Waals surface area contributed by atoms with Gasteiger partial charge in [-0.3, -0.25) is 24.6 Å². The summed E-state index contributed by atoms with van der Waals surface area (Å²) >= 11 is 0. The third kappa shape index (κ3) is 4.67. The number of para-hydroxylation sites is 1. The molecule has 0 unspecified atom stereocenters. The van der Waals surface area contributed by atoms with E-state index in [-0.39, 0.29) is 24.6 Å². The van der Waals surface area contributed by atoms with Crippen molar-refractivity contribution in [2.24, 2.45) is 0 Å². The van der Waals surface area contributed by atoms with Crippen molar-refractivity contribution in [3.05, 3.63) is 102 Å². The number of barbiturate groups is 1. The Hall–Kier alpha value is -4.92. The number of rotatable bonds is 7. The molecule has 2 N–H and O–H groups in total. The van der Waals surface area contributed by atoms with Crippen molar-refractivity contribution in [2.45, 2.75) is 19.6 Å². The second kappa shape index (κ2) is 9.75. The molecular formula is C27H22N4O5. The van der Waals surface area contributed by atoms with Gasteiger partial charge in [-0.1, -0.05) is 48.5 Å². The van der Waals surface area contributed by atoms with Crippen molar-refractivity contribution in [2.75, 3.05) is 0 Å². The molecule has 2 aromatic heterocycles. The SMILES string of the molecule is O=C(Cn1cc(C=C2C(=O)NC(=O)N(Cc3ccco3)C2=O)c2ccccc21)NCc1ccccc1. The Balaban J connectivity index is 1.41. The van der Waals surface area contributed by atoms with E-state index in [0.29, 0.717) is 17.9 Å². The highest BCUT2D eigenvalue weighted by Crippen LogP contribution is 2.25. The van der Waals surface area contributed by atoms with Crippen LogP contribution in [0.2, 0.25) is 0 Å². The van der Waals surface area contributed by atoms with Crippen molar-refractivity contribution in [1.29, 1.82) is 0 Å². The third-order valence-corrected chi connectivity index (χ3v) is 5.85. The van der Waals surface area contributed by atoms with Crippen molar-refractivity contribution in [3.63, 3.8) is 0 Å². The van der Waals surface area contributed by atoms with Gasteiger partial charge < -0.3 is 14.3 Å². The van der Waals surface area contributed by atoms with Crippen molar-refractivity contribution < 1.29 is 23.6 Å². The fourth-order valence-electron chi connectivity index (χ4n) is 4.08. The number of aromatic nitrogens is 1. The summed E-state index contributed by atoms with van der Waals surface area (Å²) in [5.41, 5.74) is 2.15. The molecule has 9 heteroatoms. The van der Waals surface area contributed by atoms with Crippen LogP contribution >= 0.6 is 0 Å². The Labute approximate surface area is 206 Å². The lowest BCUT2D eigenvalue weighted by molar-refractivity contribution is -0.130. The summed E-state index contributed by atoms with van der Waals surface area (Å²) < 4.78 is 7.00. The number of imide groups is 2. The lowest BCUT2D eigenvalue weighted by atomic mass is 10.1. The van der Waals surface area contributed by atoms with Gasteiger partial charge in [-0.05, 0) is 29.8 Å². The lowest BCUT2D eigenvalue weighted by Gasteiger charge is -2.25. The molecule has 0 spiro atoms. The Bertz CT molecular complexity index is 1490. The van der Waals surface area contributed by atoms with E-state index in [0.717, 1.165) is 21.4 Å². The molecule has 180 valence electrons. The average molecular weight is 482 g/mol. The van der Waals surface area contributed by atoms with Crippen LogP contribution in [0.25, 0.3) is 17.0 Å². The van der Waals surface area contributed by atoms with Crippen LogP contribution in [0.3, 0.4) is 0 Å². The predicted molar refractivity (Wildman–Crippen MR) is 131 cm³/mol. The summed E-state index contributed by atoms with van der Waals surface area (Å²) in [6.07, 6.45) is 4.60. The van der Waals surface area contributed by atoms with E-state index in [2.05, 4.69) is 10.6 Å². The van der Waals surface area contributed by atoms with Crippen molar-refractivity contribution >= 4 is 40.7 Å². The van der Waals surface area contributed by atoms with Crippen LogP contribution in [-0.4, -0.2) is 33.2 Å². The Morgan fingerprint density at radius 1 is 0.972 bits per heavy atom. The number of nitrogens with zero attached hydrogens (tertiary/aromatic N) is 2. The predicted octanol–water partition coefficient (Wildman–Crippen LogP) is 3.21. The van der Waals surface area contributed by atoms with Crippen LogP contribution < -0.4 is 10.6 Å². The minimum atomic E-state index is -0.809. The number of nitrogens with one attached hydrogen (secondary N) is 2. The zero-order valence-electron chi connectivity index (χ0n) is 19.1. The fraction of sp³-hybridized carbons (Fsp3) is 0.111. The van der Waals surface area contributed by atoms with E-state index in [1.807, 2.05) is 54.6 Å². The second-order valence-corrected chi connectivity index (χ2v) is 8.28. The normalized spacial score (nSPS) is 14.9. The first-order valence-electron chi connectivity index (χ1n) is 11.3. The number of urea groups is 1. The molecule has 36 heavy (non-hydrogen) atoms. The van der Waals surface area contributed by atoms with Gasteiger partial charge in [0.15, 0.2) is 0 Å². The summed E-state index contributed by atoms with van der Waals surface area (Å²) in [6.45, 7) is 0.357. The van der Waals surface area contributed by atoms with Crippen LogP contribution in [0.15, 0.2) is 89.2 Å². The van der Waals surface area contributed by atoms with Crippen molar-refractivity contribution in [3.8, 4) is 0 Å². The van der Waals surface area contributed by atoms with E-state index in [1.54, 1.807) is 22.9 Å². The summed E-state index contributed by atoms with van der Waals surface area (Å²) in [6, 6.07) is 19.5. The Morgan fingerprint density at radius 3 is 2.53 bits per heavy atom. The number of benzene rings is 2. The maximum absolute atomic E-state index is 13.1. The maximum atomic E-state index is 13.1. The largest absolute Gasteiger partial charge is 0.467 e. The zero-order chi connectivity index (χ0) is 25.1. The number of hydrogen-bond donors (Lipinski definition) is 2. The van der Waals surface area contributed by atoms with Crippen LogP contribution in [0.1, 0.15) is 16.9 Å². The molecule has 0 radical (unpaired) electrons. The van der Waals surface area contributed by atoms with Crippen LogP contribution in [-0.2, 0) is 34.0 Å². The van der Waals surface area contributed by atoms with Gasteiger partial charge in [-0.2, -0.15) is 0 Å². The first-order chi connectivity index (χ1) is 17.5. The molecule has 9 nitrogen and oxygen atoms in total. The minimum Gasteiger partial charge on any atom is -0.467 e. The molecule has 5 amide bonds. The summed E-state index contributed by atoms with van der Waals surface area (Å²) in [4.78, 5) is 51.5. The van der Waals surface area contributed by atoms with Gasteiger partial charge in [0.1, 0.15) is 17.9 Å². The smallest absolute Gasteiger partial charge is 0.331 e. The van der Waals surface area contributed by atoms with Gasteiger partial charge >= 0.3 is 6.03 Å². The minimum absolute atomic E-state index is 0.0553. The Kier molecular flexibility index (Phi) is 6.19. The zero-order valence-corrected chi connectivity index (χ0v) is 19.1. The van der Waals surface area contributed by atoms with Gasteiger partial charge in [-0.25, -0.2) is 4.79 Å². The quantitative estimate of drug-likeness (QED) is 0.310. The van der Waals surface area contributed by atoms with Gasteiger partial charge in [0, 0.05) is 29.2 Å². The van der Waals surface area contributed by atoms with Gasteiger partial charge in [0.05, 0.1) is 12.8 Å². The van der Waals surface area contributed by atoms with Gasteiger partial charge in [0.2, 0.25) is 5.91 Å². The molecular weight excluding hydrogens is 460 g/mol. The number of carbonyl (C=O) groups excluding carboxylic acids is 4. The highest BCUT2D eigenvalue weighted by molar-refractivity contribution is 6.31. The molecule has 0 bridgehead atoms. The van der Waals surface area contributed by atoms with Crippen molar-refractivity contribution in [1.82, 2.24) is 20.1 Å². The van der Waals surface area contributed by atoms with Crippen LogP contribution in [0.4, 0.5) is 4.79 Å².